The lowest BCUT2D eigenvalue weighted by molar-refractivity contribution is -0.150. The summed E-state index contributed by atoms with van der Waals surface area (Å²) in [4.78, 5) is 56.1. The standard InChI is InChI=1S/C17H18N10O5S3/c1-2-32-25-8(11-24-17(20)35-26-11)12(28)23-9-13(29)27-10(15(30)31)5(4-33-14(9)27)34-7-3-6(18)21-16(19)22-7/h3,9,14H,2,4H2,1H3,(H,23,28)(H,30,31)(H2,20,24,26)(H4,18,19,21,22)/b25-8-. The van der Waals surface area contributed by atoms with E-state index in [0.29, 0.717) is 9.93 Å². The molecule has 35 heavy (non-hydrogen) atoms. The van der Waals surface area contributed by atoms with Crippen LogP contribution >= 0.6 is 35.1 Å². The highest BCUT2D eigenvalue weighted by atomic mass is 32.2. The van der Waals surface area contributed by atoms with E-state index in [0.717, 1.165) is 28.2 Å². The number of fused-ring (bicyclic) bond motifs is 1. The van der Waals surface area contributed by atoms with Crippen molar-refractivity contribution in [3.8, 4) is 0 Å². The van der Waals surface area contributed by atoms with Crippen molar-refractivity contribution in [2.45, 2.75) is 23.4 Å². The van der Waals surface area contributed by atoms with Crippen LogP contribution in [0.5, 0.6) is 0 Å². The molecule has 1 fully saturated rings. The Morgan fingerprint density at radius 2 is 2.11 bits per heavy atom. The molecule has 2 amide bonds. The number of thioether (sulfide) groups is 2. The van der Waals surface area contributed by atoms with E-state index in [2.05, 4.69) is 29.8 Å². The van der Waals surface area contributed by atoms with Crippen LogP contribution in [0.2, 0.25) is 0 Å². The van der Waals surface area contributed by atoms with Gasteiger partial charge in [-0.2, -0.15) is 14.3 Å². The molecule has 0 aromatic carbocycles. The Kier molecular flexibility index (Phi) is 6.94. The van der Waals surface area contributed by atoms with Gasteiger partial charge in [0.2, 0.25) is 17.5 Å². The summed E-state index contributed by atoms with van der Waals surface area (Å²) in [5.74, 6) is -2.41. The van der Waals surface area contributed by atoms with Gasteiger partial charge in [-0.25, -0.2) is 9.78 Å². The van der Waals surface area contributed by atoms with Crippen LogP contribution in [-0.2, 0) is 19.2 Å². The van der Waals surface area contributed by atoms with E-state index in [1.54, 1.807) is 6.92 Å². The zero-order valence-corrected chi connectivity index (χ0v) is 20.3. The van der Waals surface area contributed by atoms with Gasteiger partial charge in [0.15, 0.2) is 5.13 Å². The Bertz CT molecular complexity index is 1240. The van der Waals surface area contributed by atoms with Gasteiger partial charge >= 0.3 is 5.97 Å². The third kappa shape index (κ3) is 4.93. The molecule has 1 saturated heterocycles. The number of nitrogens with zero attached hydrogens (tertiary/aromatic N) is 6. The van der Waals surface area contributed by atoms with Crippen molar-refractivity contribution >= 4 is 75.4 Å². The lowest BCUT2D eigenvalue weighted by atomic mass is 10.0. The van der Waals surface area contributed by atoms with Gasteiger partial charge in [-0.05, 0) is 6.92 Å². The van der Waals surface area contributed by atoms with Crippen molar-refractivity contribution in [2.24, 2.45) is 5.16 Å². The quantitative estimate of drug-likeness (QED) is 0.121. The van der Waals surface area contributed by atoms with E-state index in [-0.39, 0.29) is 46.5 Å². The van der Waals surface area contributed by atoms with Crippen LogP contribution in [0.4, 0.5) is 16.9 Å². The molecule has 2 aliphatic rings. The minimum atomic E-state index is -1.30. The average molecular weight is 539 g/mol. The summed E-state index contributed by atoms with van der Waals surface area (Å²) in [6.07, 6.45) is 0. The predicted molar refractivity (Wildman–Crippen MR) is 129 cm³/mol. The van der Waals surface area contributed by atoms with E-state index < -0.39 is 29.2 Å². The van der Waals surface area contributed by atoms with Crippen LogP contribution in [0, 0.1) is 0 Å². The van der Waals surface area contributed by atoms with Gasteiger partial charge in [0.25, 0.3) is 11.8 Å². The smallest absolute Gasteiger partial charge is 0.353 e. The number of nitrogens with one attached hydrogen (secondary N) is 1. The van der Waals surface area contributed by atoms with Gasteiger partial charge in [-0.15, -0.1) is 11.8 Å². The molecule has 0 saturated carbocycles. The van der Waals surface area contributed by atoms with Crippen molar-refractivity contribution in [2.75, 3.05) is 29.6 Å². The minimum Gasteiger partial charge on any atom is -0.477 e. The predicted octanol–water partition coefficient (Wildman–Crippen LogP) is -0.696. The van der Waals surface area contributed by atoms with E-state index in [1.807, 2.05) is 0 Å². The van der Waals surface area contributed by atoms with E-state index in [1.165, 1.54) is 17.8 Å². The Hall–Kier alpha value is -3.64. The van der Waals surface area contributed by atoms with Gasteiger partial charge in [0.05, 0.1) is 0 Å². The second-order valence-electron chi connectivity index (χ2n) is 6.84. The second-order valence-corrected chi connectivity index (χ2v) is 9.85. The Morgan fingerprint density at radius 3 is 2.74 bits per heavy atom. The molecule has 2 unspecified atom stereocenters. The molecule has 2 atom stereocenters. The first-order chi connectivity index (χ1) is 16.7. The number of hydrogen-bond donors (Lipinski definition) is 5. The molecule has 0 spiro atoms. The number of carbonyl (C=O) groups excluding carboxylic acids is 2. The summed E-state index contributed by atoms with van der Waals surface area (Å²) in [6.45, 7) is 1.86. The molecule has 15 nitrogen and oxygen atoms in total. The SMILES string of the molecule is CCO/N=C(\C(=O)NC1C(=O)N2C(C(=O)O)=C(Sc3cc(N)nc(N)n3)CSC12)c1nsc(N)n1. The highest BCUT2D eigenvalue weighted by Crippen LogP contribution is 2.45. The van der Waals surface area contributed by atoms with Crippen molar-refractivity contribution in [1.29, 1.82) is 0 Å². The molecule has 18 heteroatoms. The topological polar surface area (TPSA) is 238 Å². The van der Waals surface area contributed by atoms with E-state index >= 15 is 0 Å². The monoisotopic (exact) mass is 538 g/mol. The van der Waals surface area contributed by atoms with Crippen LogP contribution < -0.4 is 22.5 Å². The van der Waals surface area contributed by atoms with Gasteiger partial charge in [0, 0.05) is 28.3 Å². The molecule has 184 valence electrons. The molecule has 2 aromatic rings. The molecule has 0 radical (unpaired) electrons. The normalized spacial score (nSPS) is 19.7. The zero-order valence-electron chi connectivity index (χ0n) is 17.9. The molecular formula is C17H18N10O5S3. The van der Waals surface area contributed by atoms with Crippen LogP contribution in [0.3, 0.4) is 0 Å². The Balaban J connectivity index is 1.54. The molecule has 4 heterocycles. The summed E-state index contributed by atoms with van der Waals surface area (Å²) >= 11 is 3.17. The number of oxime groups is 1. The maximum Gasteiger partial charge on any atom is 0.353 e. The number of carbonyl (C=O) groups is 3. The number of hydrogen-bond acceptors (Lipinski definition) is 15. The number of nitrogen functional groups attached to an aromatic ring is 3. The summed E-state index contributed by atoms with van der Waals surface area (Å²) < 4.78 is 3.96. The molecule has 0 aliphatic carbocycles. The van der Waals surface area contributed by atoms with Crippen LogP contribution in [0.15, 0.2) is 26.9 Å². The second kappa shape index (κ2) is 9.92. The van der Waals surface area contributed by atoms with E-state index in [4.69, 9.17) is 22.0 Å². The fraction of sp³-hybridized carbons (Fsp3) is 0.294. The van der Waals surface area contributed by atoms with E-state index in [9.17, 15) is 19.5 Å². The zero-order chi connectivity index (χ0) is 25.3. The van der Waals surface area contributed by atoms with Gasteiger partial charge in [-0.1, -0.05) is 16.9 Å². The number of carboxylic acid groups (broad SMARTS) is 1. The Morgan fingerprint density at radius 1 is 1.34 bits per heavy atom. The first-order valence-electron chi connectivity index (χ1n) is 9.79. The van der Waals surface area contributed by atoms with Crippen molar-refractivity contribution in [3.05, 3.63) is 22.5 Å². The maximum atomic E-state index is 12.9. The number of aliphatic carboxylic acids is 1. The maximum absolute atomic E-state index is 12.9. The lowest BCUT2D eigenvalue weighted by Gasteiger charge is -2.49. The number of aromatic nitrogens is 4. The highest BCUT2D eigenvalue weighted by Gasteiger charge is 2.54. The molecule has 0 bridgehead atoms. The van der Waals surface area contributed by atoms with Crippen molar-refractivity contribution < 1.29 is 24.3 Å². The summed E-state index contributed by atoms with van der Waals surface area (Å²) in [6, 6.07) is 0.450. The Labute approximate surface area is 209 Å². The first kappa shape index (κ1) is 24.5. The lowest BCUT2D eigenvalue weighted by Crippen LogP contribution is -2.71. The minimum absolute atomic E-state index is 0.0495. The van der Waals surface area contributed by atoms with Gasteiger partial charge < -0.3 is 32.5 Å². The van der Waals surface area contributed by atoms with Gasteiger partial charge in [0.1, 0.15) is 34.6 Å². The van der Waals surface area contributed by atoms with Crippen molar-refractivity contribution in [3.63, 3.8) is 0 Å². The molecular weight excluding hydrogens is 520 g/mol. The summed E-state index contributed by atoms with van der Waals surface area (Å²) in [5.41, 5.74) is 16.4. The summed E-state index contributed by atoms with van der Waals surface area (Å²) in [7, 11) is 0. The number of amides is 2. The third-order valence-electron chi connectivity index (χ3n) is 4.54. The number of β-lactam (4-membered cyclic amide) rings is 1. The van der Waals surface area contributed by atoms with Gasteiger partial charge in [-0.3, -0.25) is 14.5 Å². The third-order valence-corrected chi connectivity index (χ3v) is 7.55. The van der Waals surface area contributed by atoms with Crippen LogP contribution in [-0.4, -0.2) is 76.6 Å². The van der Waals surface area contributed by atoms with Crippen molar-refractivity contribution in [1.82, 2.24) is 29.5 Å². The number of nitrogens with two attached hydrogens (primary N) is 3. The number of rotatable bonds is 8. The average Bonchev–Trinajstić information content (AvgIpc) is 3.22. The summed E-state index contributed by atoms with van der Waals surface area (Å²) in [5, 5.41) is 16.0. The highest BCUT2D eigenvalue weighted by molar-refractivity contribution is 8.06. The molecule has 4 rings (SSSR count). The molecule has 2 aromatic heterocycles. The van der Waals surface area contributed by atoms with Crippen LogP contribution in [0.1, 0.15) is 12.7 Å². The van der Waals surface area contributed by atoms with Crippen LogP contribution in [0.25, 0.3) is 0 Å². The first-order valence-corrected chi connectivity index (χ1v) is 12.4. The number of carboxylic acids is 1. The fourth-order valence-electron chi connectivity index (χ4n) is 3.16. The number of anilines is 3. The molecule has 2 aliphatic heterocycles. The molecule has 8 N–H and O–H groups in total. The largest absolute Gasteiger partial charge is 0.477 e. The fourth-order valence-corrected chi connectivity index (χ4v) is 6.09.